The second kappa shape index (κ2) is 9.55. The van der Waals surface area contributed by atoms with Gasteiger partial charge >= 0.3 is 12.0 Å². The van der Waals surface area contributed by atoms with E-state index in [0.717, 1.165) is 12.8 Å². The highest BCUT2D eigenvalue weighted by molar-refractivity contribution is 5.82. The summed E-state index contributed by atoms with van der Waals surface area (Å²) in [6, 6.07) is -0.990. The monoisotopic (exact) mass is 288 g/mol. The van der Waals surface area contributed by atoms with Crippen LogP contribution in [0.2, 0.25) is 0 Å². The van der Waals surface area contributed by atoms with Crippen molar-refractivity contribution in [3.63, 3.8) is 0 Å². The van der Waals surface area contributed by atoms with Gasteiger partial charge in [0.15, 0.2) is 0 Å². The first-order valence-corrected chi connectivity index (χ1v) is 7.00. The van der Waals surface area contributed by atoms with Crippen LogP contribution in [0.1, 0.15) is 25.7 Å². The number of methoxy groups -OCH3 is 1. The Morgan fingerprint density at radius 2 is 2.10 bits per heavy atom. The van der Waals surface area contributed by atoms with Crippen LogP contribution in [0.25, 0.3) is 0 Å². The highest BCUT2D eigenvalue weighted by atomic mass is 16.5. The summed E-state index contributed by atoms with van der Waals surface area (Å²) in [6.45, 7) is 2.63. The zero-order valence-corrected chi connectivity index (χ0v) is 12.0. The van der Waals surface area contributed by atoms with Crippen molar-refractivity contribution in [2.45, 2.75) is 31.7 Å². The van der Waals surface area contributed by atoms with Gasteiger partial charge in [0.2, 0.25) is 0 Å². The fourth-order valence-corrected chi connectivity index (χ4v) is 2.15. The fourth-order valence-electron chi connectivity index (χ4n) is 2.15. The summed E-state index contributed by atoms with van der Waals surface area (Å²) in [5.74, 6) is -0.928. The molecule has 1 aliphatic rings. The number of carbonyl (C=O) groups excluding carboxylic acids is 1. The number of rotatable bonds is 8. The van der Waals surface area contributed by atoms with E-state index in [2.05, 4.69) is 5.32 Å². The molecule has 1 rings (SSSR count). The van der Waals surface area contributed by atoms with Crippen molar-refractivity contribution < 1.29 is 24.2 Å². The Kier molecular flexibility index (Phi) is 7.98. The lowest BCUT2D eigenvalue weighted by molar-refractivity contribution is -0.143. The molecule has 0 aromatic carbocycles. The minimum absolute atomic E-state index is 0.297. The number of hydrogen-bond acceptors (Lipinski definition) is 4. The van der Waals surface area contributed by atoms with Crippen LogP contribution < -0.4 is 5.32 Å². The summed E-state index contributed by atoms with van der Waals surface area (Å²) in [7, 11) is 1.61. The summed E-state index contributed by atoms with van der Waals surface area (Å²) in [6.07, 6.45) is 2.94. The van der Waals surface area contributed by atoms with Crippen LogP contribution in [-0.2, 0) is 14.3 Å². The van der Waals surface area contributed by atoms with Gasteiger partial charge in [-0.3, -0.25) is 0 Å². The molecule has 2 N–H and O–H groups in total. The van der Waals surface area contributed by atoms with Crippen molar-refractivity contribution in [1.29, 1.82) is 0 Å². The number of piperidine rings is 1. The summed E-state index contributed by atoms with van der Waals surface area (Å²) in [5, 5.41) is 11.8. The Bertz CT molecular complexity index is 311. The normalized spacial score (nSPS) is 18.9. The minimum Gasteiger partial charge on any atom is -0.480 e. The smallest absolute Gasteiger partial charge is 0.326 e. The largest absolute Gasteiger partial charge is 0.480 e. The molecule has 1 heterocycles. The van der Waals surface area contributed by atoms with Crippen molar-refractivity contribution in [3.8, 4) is 0 Å². The molecule has 20 heavy (non-hydrogen) atoms. The summed E-state index contributed by atoms with van der Waals surface area (Å²) >= 11 is 0. The van der Waals surface area contributed by atoms with Crippen molar-refractivity contribution >= 4 is 12.0 Å². The van der Waals surface area contributed by atoms with Crippen LogP contribution in [0.3, 0.4) is 0 Å². The van der Waals surface area contributed by atoms with E-state index in [-0.39, 0.29) is 6.03 Å². The molecular formula is C13H24N2O5. The third-order valence-electron chi connectivity index (χ3n) is 3.22. The highest BCUT2D eigenvalue weighted by Gasteiger charge is 2.31. The Hall–Kier alpha value is -1.34. The third-order valence-corrected chi connectivity index (χ3v) is 3.22. The molecule has 1 atom stereocenters. The molecule has 7 nitrogen and oxygen atoms in total. The number of nitrogens with one attached hydrogen (secondary N) is 1. The highest BCUT2D eigenvalue weighted by Crippen LogP contribution is 2.17. The van der Waals surface area contributed by atoms with Gasteiger partial charge in [-0.05, 0) is 25.7 Å². The first-order valence-electron chi connectivity index (χ1n) is 7.00. The number of carbonyl (C=O) groups is 2. The lowest BCUT2D eigenvalue weighted by atomic mass is 10.0. The molecule has 0 bridgehead atoms. The lowest BCUT2D eigenvalue weighted by Gasteiger charge is -2.32. The Labute approximate surface area is 119 Å². The molecule has 0 aliphatic carbocycles. The van der Waals surface area contributed by atoms with E-state index < -0.39 is 12.0 Å². The number of amides is 2. The minimum atomic E-state index is -0.928. The van der Waals surface area contributed by atoms with Gasteiger partial charge in [-0.2, -0.15) is 0 Å². The van der Waals surface area contributed by atoms with Gasteiger partial charge in [0.05, 0.1) is 13.2 Å². The first-order chi connectivity index (χ1) is 9.66. The molecule has 1 saturated heterocycles. The number of ether oxygens (including phenoxy) is 2. The quantitative estimate of drug-likeness (QED) is 0.642. The number of aliphatic carboxylic acids is 1. The number of hydrogen-bond donors (Lipinski definition) is 2. The lowest BCUT2D eigenvalue weighted by Crippen LogP contribution is -2.52. The molecule has 0 spiro atoms. The number of carboxylic acids is 1. The molecule has 0 saturated carbocycles. The number of nitrogens with zero attached hydrogens (tertiary/aromatic N) is 1. The van der Waals surface area contributed by atoms with Crippen LogP contribution in [0.5, 0.6) is 0 Å². The molecular weight excluding hydrogens is 264 g/mol. The maximum atomic E-state index is 11.9. The second-order valence-corrected chi connectivity index (χ2v) is 4.73. The van der Waals surface area contributed by atoms with Crippen LogP contribution in [-0.4, -0.2) is 68.1 Å². The van der Waals surface area contributed by atoms with E-state index in [4.69, 9.17) is 14.6 Å². The number of carboxylic acid groups (broad SMARTS) is 1. The van der Waals surface area contributed by atoms with Gasteiger partial charge in [-0.25, -0.2) is 9.59 Å². The van der Waals surface area contributed by atoms with Crippen molar-refractivity contribution in [2.75, 3.05) is 40.0 Å². The van der Waals surface area contributed by atoms with Crippen LogP contribution >= 0.6 is 0 Å². The van der Waals surface area contributed by atoms with Crippen molar-refractivity contribution in [2.24, 2.45) is 0 Å². The molecule has 0 aromatic heterocycles. The van der Waals surface area contributed by atoms with E-state index in [1.54, 1.807) is 7.11 Å². The van der Waals surface area contributed by atoms with Crippen molar-refractivity contribution in [1.82, 2.24) is 10.2 Å². The van der Waals surface area contributed by atoms with Gasteiger partial charge in [-0.15, -0.1) is 0 Å². The predicted molar refractivity (Wildman–Crippen MR) is 72.7 cm³/mol. The second-order valence-electron chi connectivity index (χ2n) is 4.73. The molecule has 1 fully saturated rings. The molecule has 7 heteroatoms. The maximum absolute atomic E-state index is 11.9. The van der Waals surface area contributed by atoms with E-state index in [9.17, 15) is 9.59 Å². The first kappa shape index (κ1) is 16.7. The Morgan fingerprint density at radius 3 is 2.80 bits per heavy atom. The summed E-state index contributed by atoms with van der Waals surface area (Å²) in [5.41, 5.74) is 0. The van der Waals surface area contributed by atoms with E-state index in [1.165, 1.54) is 4.90 Å². The van der Waals surface area contributed by atoms with Gasteiger partial charge in [0.1, 0.15) is 6.04 Å². The van der Waals surface area contributed by atoms with Crippen molar-refractivity contribution in [3.05, 3.63) is 0 Å². The zero-order valence-electron chi connectivity index (χ0n) is 12.0. The van der Waals surface area contributed by atoms with Gasteiger partial charge in [-0.1, -0.05) is 0 Å². The van der Waals surface area contributed by atoms with E-state index >= 15 is 0 Å². The van der Waals surface area contributed by atoms with Gasteiger partial charge < -0.3 is 24.8 Å². The third kappa shape index (κ3) is 5.75. The topological polar surface area (TPSA) is 88.1 Å². The van der Waals surface area contributed by atoms with E-state index in [1.807, 2.05) is 0 Å². The predicted octanol–water partition coefficient (Wildman–Crippen LogP) is 0.688. The average molecular weight is 288 g/mol. The number of urea groups is 1. The van der Waals surface area contributed by atoms with Gasteiger partial charge in [0, 0.05) is 26.8 Å². The molecule has 116 valence electrons. The molecule has 0 radical (unpaired) electrons. The fraction of sp³-hybridized carbons (Fsp3) is 0.846. The van der Waals surface area contributed by atoms with Crippen LogP contribution in [0.4, 0.5) is 4.79 Å². The summed E-state index contributed by atoms with van der Waals surface area (Å²) in [4.78, 5) is 24.4. The average Bonchev–Trinajstić information content (AvgIpc) is 2.46. The Morgan fingerprint density at radius 1 is 1.30 bits per heavy atom. The van der Waals surface area contributed by atoms with Crippen LogP contribution in [0, 0.1) is 0 Å². The van der Waals surface area contributed by atoms with Crippen LogP contribution in [0.15, 0.2) is 0 Å². The maximum Gasteiger partial charge on any atom is 0.326 e. The zero-order chi connectivity index (χ0) is 14.8. The Balaban J connectivity index is 2.19. The number of likely N-dealkylation sites (tertiary alicyclic amines) is 1. The standard InChI is InChI=1S/C13H24N2O5/c1-19-9-10-20-8-4-6-14-13(18)15-7-3-2-5-11(15)12(16)17/h11H,2-10H2,1H3,(H,14,18)(H,16,17). The molecule has 2 amide bonds. The molecule has 0 aromatic rings. The molecule has 1 aliphatic heterocycles. The van der Waals surface area contributed by atoms with Gasteiger partial charge in [0.25, 0.3) is 0 Å². The summed E-state index contributed by atoms with van der Waals surface area (Å²) < 4.78 is 10.1. The van der Waals surface area contributed by atoms with E-state index in [0.29, 0.717) is 45.8 Å². The SMILES string of the molecule is COCCOCCCNC(=O)N1CCCCC1C(=O)O. The molecule has 1 unspecified atom stereocenters.